The Bertz CT molecular complexity index is 141. The monoisotopic (exact) mass is 181 g/mol. The van der Waals surface area contributed by atoms with E-state index in [2.05, 4.69) is 12.4 Å². The van der Waals surface area contributed by atoms with Gasteiger partial charge in [0.25, 0.3) is 0 Å². The Labute approximate surface area is 82.3 Å². The van der Waals surface area contributed by atoms with E-state index in [1.54, 1.807) is 0 Å². The third kappa shape index (κ3) is 2.25. The van der Waals surface area contributed by atoms with Crippen LogP contribution in [0.4, 0.5) is 0 Å². The lowest BCUT2D eigenvalue weighted by Gasteiger charge is -2.31. The summed E-state index contributed by atoms with van der Waals surface area (Å²) in [6.45, 7) is 0. The highest BCUT2D eigenvalue weighted by molar-refractivity contribution is 4.82. The van der Waals surface area contributed by atoms with Crippen LogP contribution in [0, 0.1) is 11.8 Å². The van der Waals surface area contributed by atoms with Crippen LogP contribution in [0.2, 0.25) is 0 Å². The molecule has 0 aromatic carbocycles. The van der Waals surface area contributed by atoms with Crippen molar-refractivity contribution < 1.29 is 0 Å². The van der Waals surface area contributed by atoms with E-state index in [0.29, 0.717) is 0 Å². The number of nitrogens with one attached hydrogen (secondary N) is 1. The van der Waals surface area contributed by atoms with Crippen molar-refractivity contribution in [2.45, 2.75) is 57.4 Å². The van der Waals surface area contributed by atoms with Crippen molar-refractivity contribution in [2.75, 3.05) is 7.05 Å². The summed E-state index contributed by atoms with van der Waals surface area (Å²) in [5.74, 6) is 2.20. The minimum atomic E-state index is 0.831. The third-order valence-electron chi connectivity index (χ3n) is 4.25. The molecule has 2 saturated carbocycles. The molecule has 0 aliphatic heterocycles. The molecule has 2 fully saturated rings. The van der Waals surface area contributed by atoms with Crippen LogP contribution in [0.1, 0.15) is 51.4 Å². The zero-order chi connectivity index (χ0) is 9.10. The molecule has 0 heterocycles. The summed E-state index contributed by atoms with van der Waals surface area (Å²) >= 11 is 0. The molecule has 0 radical (unpaired) electrons. The molecule has 0 aromatic heterocycles. The van der Waals surface area contributed by atoms with Gasteiger partial charge in [0.15, 0.2) is 0 Å². The molecule has 13 heavy (non-hydrogen) atoms. The van der Waals surface area contributed by atoms with Gasteiger partial charge < -0.3 is 5.32 Å². The first kappa shape index (κ1) is 9.51. The molecule has 0 atom stereocenters. The van der Waals surface area contributed by atoms with E-state index in [-0.39, 0.29) is 0 Å². The van der Waals surface area contributed by atoms with Gasteiger partial charge in [-0.25, -0.2) is 0 Å². The maximum absolute atomic E-state index is 3.42. The molecule has 76 valence electrons. The maximum Gasteiger partial charge on any atom is 0.00642 e. The van der Waals surface area contributed by atoms with Gasteiger partial charge in [-0.15, -0.1) is 0 Å². The minimum absolute atomic E-state index is 0.831. The van der Waals surface area contributed by atoms with Crippen LogP contribution < -0.4 is 5.32 Å². The summed E-state index contributed by atoms with van der Waals surface area (Å²) in [7, 11) is 2.11. The topological polar surface area (TPSA) is 12.0 Å². The van der Waals surface area contributed by atoms with Gasteiger partial charge in [0, 0.05) is 6.04 Å². The molecule has 0 saturated heterocycles. The first-order chi connectivity index (χ1) is 6.40. The second-order valence-electron chi connectivity index (χ2n) is 4.94. The van der Waals surface area contributed by atoms with Crippen LogP contribution in [0.15, 0.2) is 0 Å². The molecule has 1 N–H and O–H groups in total. The van der Waals surface area contributed by atoms with Crippen molar-refractivity contribution in [3.05, 3.63) is 0 Å². The fraction of sp³-hybridized carbons (Fsp3) is 1.00. The van der Waals surface area contributed by atoms with Crippen LogP contribution in [-0.4, -0.2) is 13.1 Å². The van der Waals surface area contributed by atoms with Gasteiger partial charge in [-0.3, -0.25) is 0 Å². The molecule has 2 rings (SSSR count). The molecular formula is C12H23N. The van der Waals surface area contributed by atoms with Crippen LogP contribution in [0.3, 0.4) is 0 Å². The van der Waals surface area contributed by atoms with E-state index in [9.17, 15) is 0 Å². The standard InChI is InChI=1S/C12H23N/c1-13-12-8-6-11(7-9-12)10-4-2-3-5-10/h10-13H,2-9H2,1H3. The van der Waals surface area contributed by atoms with E-state index >= 15 is 0 Å². The molecule has 2 aliphatic rings. The maximum atomic E-state index is 3.42. The Balaban J connectivity index is 1.77. The molecule has 0 unspecified atom stereocenters. The average molecular weight is 181 g/mol. The van der Waals surface area contributed by atoms with E-state index in [4.69, 9.17) is 0 Å². The number of rotatable bonds is 2. The van der Waals surface area contributed by atoms with E-state index in [1.165, 1.54) is 51.4 Å². The lowest BCUT2D eigenvalue weighted by molar-refractivity contribution is 0.224. The van der Waals surface area contributed by atoms with Crippen LogP contribution in [-0.2, 0) is 0 Å². The van der Waals surface area contributed by atoms with Gasteiger partial charge in [0.05, 0.1) is 0 Å². The van der Waals surface area contributed by atoms with Crippen molar-refractivity contribution in [1.82, 2.24) is 5.32 Å². The highest BCUT2D eigenvalue weighted by atomic mass is 14.9. The van der Waals surface area contributed by atoms with Gasteiger partial charge in [0.2, 0.25) is 0 Å². The average Bonchev–Trinajstić information content (AvgIpc) is 2.71. The van der Waals surface area contributed by atoms with Crippen molar-refractivity contribution in [3.8, 4) is 0 Å². The van der Waals surface area contributed by atoms with Gasteiger partial charge in [-0.2, -0.15) is 0 Å². The van der Waals surface area contributed by atoms with Crippen molar-refractivity contribution in [3.63, 3.8) is 0 Å². The predicted octanol–water partition coefficient (Wildman–Crippen LogP) is 2.95. The minimum Gasteiger partial charge on any atom is -0.317 e. The SMILES string of the molecule is CNC1CCC(C2CCCC2)CC1. The molecule has 2 aliphatic carbocycles. The van der Waals surface area contributed by atoms with Crippen LogP contribution in [0.25, 0.3) is 0 Å². The Hall–Kier alpha value is -0.0400. The summed E-state index contributed by atoms with van der Waals surface area (Å²) in [6.07, 6.45) is 11.9. The van der Waals surface area contributed by atoms with Gasteiger partial charge in [0.1, 0.15) is 0 Å². The van der Waals surface area contributed by atoms with Gasteiger partial charge >= 0.3 is 0 Å². The molecule has 1 nitrogen and oxygen atoms in total. The zero-order valence-electron chi connectivity index (χ0n) is 8.89. The lowest BCUT2D eigenvalue weighted by atomic mass is 9.77. The summed E-state index contributed by atoms with van der Waals surface area (Å²) in [4.78, 5) is 0. The van der Waals surface area contributed by atoms with E-state index in [0.717, 1.165) is 17.9 Å². The number of hydrogen-bond acceptors (Lipinski definition) is 1. The van der Waals surface area contributed by atoms with Crippen molar-refractivity contribution >= 4 is 0 Å². The van der Waals surface area contributed by atoms with Gasteiger partial charge in [-0.05, 0) is 44.6 Å². The smallest absolute Gasteiger partial charge is 0.00642 e. The molecule has 1 heteroatoms. The van der Waals surface area contributed by atoms with Crippen LogP contribution in [0.5, 0.6) is 0 Å². The molecule has 0 bridgehead atoms. The highest BCUT2D eigenvalue weighted by Gasteiger charge is 2.28. The molecule has 0 amide bonds. The fourth-order valence-corrected chi connectivity index (χ4v) is 3.31. The number of hydrogen-bond donors (Lipinski definition) is 1. The van der Waals surface area contributed by atoms with E-state index in [1.807, 2.05) is 0 Å². The summed E-state index contributed by atoms with van der Waals surface area (Å²) in [6, 6.07) is 0.831. The Kier molecular flexibility index (Phi) is 3.26. The normalized spacial score (nSPS) is 36.7. The van der Waals surface area contributed by atoms with Crippen molar-refractivity contribution in [2.24, 2.45) is 11.8 Å². The summed E-state index contributed by atoms with van der Waals surface area (Å²) < 4.78 is 0. The quantitative estimate of drug-likeness (QED) is 0.690. The van der Waals surface area contributed by atoms with Crippen LogP contribution >= 0.6 is 0 Å². The lowest BCUT2D eigenvalue weighted by Crippen LogP contribution is -2.31. The summed E-state index contributed by atoms with van der Waals surface area (Å²) in [5, 5.41) is 3.42. The highest BCUT2D eigenvalue weighted by Crippen LogP contribution is 2.39. The Morgan fingerprint density at radius 3 is 1.85 bits per heavy atom. The largest absolute Gasteiger partial charge is 0.317 e. The molecular weight excluding hydrogens is 158 g/mol. The molecule has 0 aromatic rings. The predicted molar refractivity (Wildman–Crippen MR) is 56.8 cm³/mol. The second-order valence-corrected chi connectivity index (χ2v) is 4.94. The van der Waals surface area contributed by atoms with Gasteiger partial charge in [-0.1, -0.05) is 25.7 Å². The third-order valence-corrected chi connectivity index (χ3v) is 4.25. The molecule has 0 spiro atoms. The van der Waals surface area contributed by atoms with E-state index < -0.39 is 0 Å². The first-order valence-electron chi connectivity index (χ1n) is 6.07. The fourth-order valence-electron chi connectivity index (χ4n) is 3.31. The van der Waals surface area contributed by atoms with Crippen molar-refractivity contribution in [1.29, 1.82) is 0 Å². The Morgan fingerprint density at radius 1 is 0.769 bits per heavy atom. The first-order valence-corrected chi connectivity index (χ1v) is 6.07. The second kappa shape index (κ2) is 4.45. The summed E-state index contributed by atoms with van der Waals surface area (Å²) in [5.41, 5.74) is 0. The Morgan fingerprint density at radius 2 is 1.31 bits per heavy atom. The zero-order valence-corrected chi connectivity index (χ0v) is 8.89.